The van der Waals surface area contributed by atoms with E-state index in [-0.39, 0.29) is 0 Å². The second kappa shape index (κ2) is 8.44. The first-order valence-corrected chi connectivity index (χ1v) is 7.30. The lowest BCUT2D eigenvalue weighted by atomic mass is 10.0. The number of hydrogen-bond acceptors (Lipinski definition) is 4. The molecule has 2 rings (SSSR count). The van der Waals surface area contributed by atoms with E-state index in [1.807, 2.05) is 24.3 Å². The lowest BCUT2D eigenvalue weighted by Crippen LogP contribution is -2.24. The van der Waals surface area contributed by atoms with Crippen LogP contribution in [0.4, 0.5) is 5.69 Å². The molecule has 108 valence electrons. The van der Waals surface area contributed by atoms with Gasteiger partial charge in [0.25, 0.3) is 0 Å². The van der Waals surface area contributed by atoms with Gasteiger partial charge in [-0.25, -0.2) is 0 Å². The first kappa shape index (κ1) is 14.7. The first-order chi connectivity index (χ1) is 9.88. The maximum absolute atomic E-state index is 8.48. The van der Waals surface area contributed by atoms with E-state index in [2.05, 4.69) is 11.4 Å². The molecule has 0 saturated carbocycles. The maximum atomic E-state index is 8.48. The highest BCUT2D eigenvalue weighted by Gasteiger charge is 2.13. The molecule has 1 aromatic carbocycles. The Balaban J connectivity index is 1.75. The average Bonchev–Trinajstić information content (AvgIpc) is 2.51. The number of nitriles is 1. The van der Waals surface area contributed by atoms with E-state index >= 15 is 0 Å². The summed E-state index contributed by atoms with van der Waals surface area (Å²) >= 11 is 0. The summed E-state index contributed by atoms with van der Waals surface area (Å²) in [4.78, 5) is 0. The number of unbranched alkanes of at least 4 members (excludes halogenated alkanes) is 1. The van der Waals surface area contributed by atoms with Gasteiger partial charge >= 0.3 is 0 Å². The topological polar surface area (TPSA) is 54.3 Å². The molecule has 1 aliphatic rings. The van der Waals surface area contributed by atoms with Gasteiger partial charge in [0, 0.05) is 31.3 Å². The molecule has 1 aliphatic heterocycles. The van der Waals surface area contributed by atoms with Crippen LogP contribution in [-0.2, 0) is 4.74 Å². The zero-order valence-electron chi connectivity index (χ0n) is 11.8. The number of benzene rings is 1. The fourth-order valence-electron chi connectivity index (χ4n) is 2.27. The van der Waals surface area contributed by atoms with Gasteiger partial charge in [0.2, 0.25) is 0 Å². The van der Waals surface area contributed by atoms with E-state index in [1.54, 1.807) is 0 Å². The predicted molar refractivity (Wildman–Crippen MR) is 78.8 cm³/mol. The van der Waals surface area contributed by atoms with Crippen molar-refractivity contribution in [1.82, 2.24) is 0 Å². The Morgan fingerprint density at radius 2 is 2.40 bits per heavy atom. The molecule has 4 heteroatoms. The zero-order valence-corrected chi connectivity index (χ0v) is 11.8. The summed E-state index contributed by atoms with van der Waals surface area (Å²) in [6.07, 6.45) is 3.71. The molecule has 1 atom stereocenters. The minimum absolute atomic E-state index is 0.541. The number of nitrogens with zero attached hydrogens (tertiary/aromatic N) is 1. The van der Waals surface area contributed by atoms with E-state index in [0.29, 0.717) is 18.9 Å². The minimum atomic E-state index is 0.541. The summed E-state index contributed by atoms with van der Waals surface area (Å²) in [6.45, 7) is 3.30. The summed E-state index contributed by atoms with van der Waals surface area (Å²) < 4.78 is 11.1. The SMILES string of the molecule is N#CCCCOc1cccc(NCC2CCCOC2)c1. The number of ether oxygens (including phenoxy) is 2. The van der Waals surface area contributed by atoms with Gasteiger partial charge in [-0.15, -0.1) is 0 Å². The second-order valence-electron chi connectivity index (χ2n) is 5.10. The van der Waals surface area contributed by atoms with Crippen LogP contribution in [0.15, 0.2) is 24.3 Å². The van der Waals surface area contributed by atoms with E-state index < -0.39 is 0 Å². The van der Waals surface area contributed by atoms with Crippen LogP contribution in [-0.4, -0.2) is 26.4 Å². The van der Waals surface area contributed by atoms with E-state index in [9.17, 15) is 0 Å². The van der Waals surface area contributed by atoms with Crippen molar-refractivity contribution in [1.29, 1.82) is 5.26 Å². The third kappa shape index (κ3) is 5.10. The fourth-order valence-corrected chi connectivity index (χ4v) is 2.27. The van der Waals surface area contributed by atoms with Crippen LogP contribution < -0.4 is 10.1 Å². The van der Waals surface area contributed by atoms with Crippen molar-refractivity contribution in [2.24, 2.45) is 5.92 Å². The highest BCUT2D eigenvalue weighted by molar-refractivity contribution is 5.48. The molecule has 0 bridgehead atoms. The molecule has 0 amide bonds. The summed E-state index contributed by atoms with van der Waals surface area (Å²) in [5.41, 5.74) is 1.08. The Labute approximate surface area is 120 Å². The first-order valence-electron chi connectivity index (χ1n) is 7.30. The summed E-state index contributed by atoms with van der Waals surface area (Å²) in [5, 5.41) is 11.9. The van der Waals surface area contributed by atoms with Crippen LogP contribution >= 0.6 is 0 Å². The molecule has 1 saturated heterocycles. The van der Waals surface area contributed by atoms with Crippen molar-refractivity contribution < 1.29 is 9.47 Å². The van der Waals surface area contributed by atoms with Gasteiger partial charge in [-0.05, 0) is 37.3 Å². The molecular weight excluding hydrogens is 252 g/mol. The van der Waals surface area contributed by atoms with Crippen LogP contribution in [0.25, 0.3) is 0 Å². The van der Waals surface area contributed by atoms with Crippen LogP contribution in [0.5, 0.6) is 5.75 Å². The molecular formula is C16H22N2O2. The monoisotopic (exact) mass is 274 g/mol. The van der Waals surface area contributed by atoms with Crippen LogP contribution in [0.1, 0.15) is 25.7 Å². The van der Waals surface area contributed by atoms with Crippen molar-refractivity contribution in [2.45, 2.75) is 25.7 Å². The Hall–Kier alpha value is -1.73. The van der Waals surface area contributed by atoms with Gasteiger partial charge < -0.3 is 14.8 Å². The zero-order chi connectivity index (χ0) is 14.0. The van der Waals surface area contributed by atoms with Crippen LogP contribution in [0.2, 0.25) is 0 Å². The standard InChI is InChI=1S/C16H22N2O2/c17-8-1-2-10-20-16-7-3-6-15(11-16)18-12-14-5-4-9-19-13-14/h3,6-7,11,14,18H,1-2,4-5,9-10,12-13H2. The normalized spacial score (nSPS) is 18.2. The number of anilines is 1. The molecule has 0 spiro atoms. The molecule has 1 unspecified atom stereocenters. The molecule has 0 aliphatic carbocycles. The van der Waals surface area contributed by atoms with Gasteiger partial charge in [0.1, 0.15) is 5.75 Å². The molecule has 20 heavy (non-hydrogen) atoms. The quantitative estimate of drug-likeness (QED) is 0.776. The van der Waals surface area contributed by atoms with Gasteiger partial charge in [-0.1, -0.05) is 6.07 Å². The summed E-state index contributed by atoms with van der Waals surface area (Å²) in [7, 11) is 0. The molecule has 1 N–H and O–H groups in total. The number of rotatable bonds is 7. The molecule has 0 aromatic heterocycles. The highest BCUT2D eigenvalue weighted by atomic mass is 16.5. The predicted octanol–water partition coefficient (Wildman–Crippen LogP) is 3.21. The average molecular weight is 274 g/mol. The lowest BCUT2D eigenvalue weighted by Gasteiger charge is -2.22. The summed E-state index contributed by atoms with van der Waals surface area (Å²) in [6, 6.07) is 10.1. The molecule has 1 heterocycles. The maximum Gasteiger partial charge on any atom is 0.121 e. The van der Waals surface area contributed by atoms with E-state index in [0.717, 1.165) is 44.0 Å². The van der Waals surface area contributed by atoms with Gasteiger partial charge in [-0.2, -0.15) is 5.26 Å². The lowest BCUT2D eigenvalue weighted by molar-refractivity contribution is 0.0595. The van der Waals surface area contributed by atoms with Crippen LogP contribution in [0.3, 0.4) is 0 Å². The van der Waals surface area contributed by atoms with Crippen molar-refractivity contribution in [3.63, 3.8) is 0 Å². The van der Waals surface area contributed by atoms with Gasteiger partial charge in [0.15, 0.2) is 0 Å². The van der Waals surface area contributed by atoms with Gasteiger partial charge in [0.05, 0.1) is 19.3 Å². The number of nitrogens with one attached hydrogen (secondary N) is 1. The smallest absolute Gasteiger partial charge is 0.121 e. The molecule has 1 aromatic rings. The largest absolute Gasteiger partial charge is 0.493 e. The molecule has 4 nitrogen and oxygen atoms in total. The number of hydrogen-bond donors (Lipinski definition) is 1. The second-order valence-corrected chi connectivity index (χ2v) is 5.10. The Bertz CT molecular complexity index is 436. The Kier molecular flexibility index (Phi) is 6.19. The van der Waals surface area contributed by atoms with Gasteiger partial charge in [-0.3, -0.25) is 0 Å². The van der Waals surface area contributed by atoms with Crippen molar-refractivity contribution in [2.75, 3.05) is 31.7 Å². The van der Waals surface area contributed by atoms with Crippen molar-refractivity contribution in [3.8, 4) is 11.8 Å². The third-order valence-electron chi connectivity index (χ3n) is 3.39. The molecule has 0 radical (unpaired) electrons. The van der Waals surface area contributed by atoms with E-state index in [4.69, 9.17) is 14.7 Å². The molecule has 1 fully saturated rings. The Morgan fingerprint density at radius 3 is 3.20 bits per heavy atom. The Morgan fingerprint density at radius 1 is 1.45 bits per heavy atom. The highest BCUT2D eigenvalue weighted by Crippen LogP contribution is 2.19. The van der Waals surface area contributed by atoms with Crippen molar-refractivity contribution in [3.05, 3.63) is 24.3 Å². The van der Waals surface area contributed by atoms with Crippen molar-refractivity contribution >= 4 is 5.69 Å². The van der Waals surface area contributed by atoms with E-state index in [1.165, 1.54) is 6.42 Å². The minimum Gasteiger partial charge on any atom is -0.493 e. The third-order valence-corrected chi connectivity index (χ3v) is 3.39. The fraction of sp³-hybridized carbons (Fsp3) is 0.562. The van der Waals surface area contributed by atoms with Crippen LogP contribution in [0, 0.1) is 17.2 Å². The summed E-state index contributed by atoms with van der Waals surface area (Å²) in [5.74, 6) is 1.46.